The maximum Gasteiger partial charge on any atom is 0.113 e. The zero-order chi connectivity index (χ0) is 21.3. The summed E-state index contributed by atoms with van der Waals surface area (Å²) in [6, 6.07) is 9.23. The highest BCUT2D eigenvalue weighted by Crippen LogP contribution is 2.35. The van der Waals surface area contributed by atoms with Crippen molar-refractivity contribution in [2.75, 3.05) is 6.61 Å². The fourth-order valence-corrected chi connectivity index (χ4v) is 4.69. The molecule has 0 radical (unpaired) electrons. The second kappa shape index (κ2) is 9.07. The smallest absolute Gasteiger partial charge is 0.113 e. The molecule has 5 atom stereocenters. The minimum Gasteiger partial charge on any atom is -0.394 e. The second-order valence-electron chi connectivity index (χ2n) is 7.13. The maximum atomic E-state index is 10.4. The summed E-state index contributed by atoms with van der Waals surface area (Å²) < 4.78 is 5.66. The summed E-state index contributed by atoms with van der Waals surface area (Å²) in [7, 11) is 0. The van der Waals surface area contributed by atoms with Gasteiger partial charge in [-0.1, -0.05) is 23.7 Å². The summed E-state index contributed by atoms with van der Waals surface area (Å²) in [5, 5.41) is 40.4. The molecule has 2 aromatic heterocycles. The van der Waals surface area contributed by atoms with Gasteiger partial charge in [0, 0.05) is 28.7 Å². The Kier molecular flexibility index (Phi) is 6.45. The molecular weight excluding hydrogens is 428 g/mol. The van der Waals surface area contributed by atoms with Crippen LogP contribution in [0, 0.1) is 0 Å². The van der Waals surface area contributed by atoms with Crippen LogP contribution in [0.25, 0.3) is 10.6 Å². The van der Waals surface area contributed by atoms with Crippen molar-refractivity contribution in [3.05, 3.63) is 69.9 Å². The summed E-state index contributed by atoms with van der Waals surface area (Å²) in [6.07, 6.45) is -0.448. The molecule has 0 amide bonds. The van der Waals surface area contributed by atoms with Gasteiger partial charge in [-0.05, 0) is 29.3 Å². The lowest BCUT2D eigenvalue weighted by atomic mass is 9.90. The molecular formula is C21H21ClN2O5S. The number of hydrogen-bond acceptors (Lipinski definition) is 8. The van der Waals surface area contributed by atoms with Crippen LogP contribution in [-0.4, -0.2) is 61.4 Å². The van der Waals surface area contributed by atoms with Gasteiger partial charge in [0.25, 0.3) is 0 Å². The number of aromatic nitrogens is 2. The van der Waals surface area contributed by atoms with Gasteiger partial charge in [0.1, 0.15) is 30.5 Å². The van der Waals surface area contributed by atoms with Crippen LogP contribution in [0.1, 0.15) is 22.1 Å². The summed E-state index contributed by atoms with van der Waals surface area (Å²) in [4.78, 5) is 10.5. The number of aliphatic hydroxyl groups excluding tert-OH is 4. The third kappa shape index (κ3) is 4.26. The van der Waals surface area contributed by atoms with Crippen LogP contribution in [0.5, 0.6) is 0 Å². The Morgan fingerprint density at radius 1 is 1.03 bits per heavy atom. The van der Waals surface area contributed by atoms with Crippen LogP contribution in [0.15, 0.2) is 48.9 Å². The van der Waals surface area contributed by atoms with Gasteiger partial charge in [-0.25, -0.2) is 0 Å². The highest BCUT2D eigenvalue weighted by molar-refractivity contribution is 7.15. The molecule has 1 aliphatic heterocycles. The predicted octanol–water partition coefficient (Wildman–Crippen LogP) is 1.96. The molecule has 3 heterocycles. The molecule has 4 N–H and O–H groups in total. The minimum absolute atomic E-state index is 0.470. The molecule has 1 aliphatic rings. The number of aliphatic hydroxyl groups is 4. The van der Waals surface area contributed by atoms with Crippen LogP contribution in [0.4, 0.5) is 0 Å². The SMILES string of the molecule is OC[C@H]1OC(c2ccc(Cl)c(Cc3ccc(-c4cnccn4)s3)c2)[C@H](O)[C@@H](O)[C@@H]1O. The fourth-order valence-electron chi connectivity index (χ4n) is 3.51. The van der Waals surface area contributed by atoms with Gasteiger partial charge in [-0.3, -0.25) is 9.97 Å². The molecule has 7 nitrogen and oxygen atoms in total. The summed E-state index contributed by atoms with van der Waals surface area (Å²) in [5.74, 6) is 0. The highest BCUT2D eigenvalue weighted by Gasteiger charge is 2.44. The van der Waals surface area contributed by atoms with E-state index in [-0.39, 0.29) is 0 Å². The average Bonchev–Trinajstić information content (AvgIpc) is 3.23. The van der Waals surface area contributed by atoms with Crippen molar-refractivity contribution in [2.45, 2.75) is 36.9 Å². The number of benzene rings is 1. The van der Waals surface area contributed by atoms with E-state index in [1.807, 2.05) is 18.2 Å². The minimum atomic E-state index is -1.42. The van der Waals surface area contributed by atoms with E-state index in [1.54, 1.807) is 42.1 Å². The monoisotopic (exact) mass is 448 g/mol. The number of rotatable bonds is 5. The number of hydrogen-bond donors (Lipinski definition) is 4. The number of halogens is 1. The van der Waals surface area contributed by atoms with Crippen molar-refractivity contribution < 1.29 is 25.2 Å². The Bertz CT molecular complexity index is 1000. The highest BCUT2D eigenvalue weighted by atomic mass is 35.5. The Morgan fingerprint density at radius 2 is 1.87 bits per heavy atom. The zero-order valence-corrected chi connectivity index (χ0v) is 17.4. The van der Waals surface area contributed by atoms with E-state index in [2.05, 4.69) is 9.97 Å². The number of nitrogens with zero attached hydrogens (tertiary/aromatic N) is 2. The average molecular weight is 449 g/mol. The molecule has 158 valence electrons. The van der Waals surface area contributed by atoms with Crippen LogP contribution in [0.2, 0.25) is 5.02 Å². The molecule has 4 rings (SSSR count). The zero-order valence-electron chi connectivity index (χ0n) is 15.8. The van der Waals surface area contributed by atoms with Crippen LogP contribution < -0.4 is 0 Å². The Labute approximate surface area is 182 Å². The van der Waals surface area contributed by atoms with Gasteiger partial charge in [0.15, 0.2) is 0 Å². The molecule has 0 aliphatic carbocycles. The van der Waals surface area contributed by atoms with E-state index < -0.39 is 37.1 Å². The molecule has 1 aromatic carbocycles. The first kappa shape index (κ1) is 21.3. The Balaban J connectivity index is 1.57. The molecule has 0 spiro atoms. The van der Waals surface area contributed by atoms with Gasteiger partial charge in [0.05, 0.1) is 23.4 Å². The maximum absolute atomic E-state index is 10.4. The molecule has 1 saturated heterocycles. The lowest BCUT2D eigenvalue weighted by molar-refractivity contribution is -0.231. The Hall–Kier alpha value is -1.91. The van der Waals surface area contributed by atoms with Crippen LogP contribution in [0.3, 0.4) is 0 Å². The fraction of sp³-hybridized carbons (Fsp3) is 0.333. The number of ether oxygens (including phenoxy) is 1. The first-order valence-corrected chi connectivity index (χ1v) is 10.6. The molecule has 9 heteroatoms. The molecule has 30 heavy (non-hydrogen) atoms. The van der Waals surface area contributed by atoms with Crippen molar-refractivity contribution >= 4 is 22.9 Å². The van der Waals surface area contributed by atoms with Crippen molar-refractivity contribution in [1.82, 2.24) is 9.97 Å². The van der Waals surface area contributed by atoms with E-state index in [4.69, 9.17) is 16.3 Å². The lowest BCUT2D eigenvalue weighted by Crippen LogP contribution is -2.55. The molecule has 1 unspecified atom stereocenters. The van der Waals surface area contributed by atoms with Crippen molar-refractivity contribution in [1.29, 1.82) is 0 Å². The summed E-state index contributed by atoms with van der Waals surface area (Å²) in [5.41, 5.74) is 2.24. The molecule has 3 aromatic rings. The van der Waals surface area contributed by atoms with E-state index >= 15 is 0 Å². The van der Waals surface area contributed by atoms with Gasteiger partial charge >= 0.3 is 0 Å². The molecule has 0 saturated carbocycles. The second-order valence-corrected chi connectivity index (χ2v) is 8.71. The van der Waals surface area contributed by atoms with Crippen LogP contribution in [-0.2, 0) is 11.2 Å². The van der Waals surface area contributed by atoms with Gasteiger partial charge in [0.2, 0.25) is 0 Å². The molecule has 0 bridgehead atoms. The standard InChI is InChI=1S/C21H21ClN2O5S/c22-14-3-1-11(21-20(28)19(27)18(26)16(10-25)29-21)7-12(14)8-13-2-4-17(30-13)15-9-23-5-6-24-15/h1-7,9,16,18-21,25-28H,8,10H2/t16-,18-,19+,20-,21?/m1/s1. The summed E-state index contributed by atoms with van der Waals surface area (Å²) >= 11 is 7.99. The third-order valence-electron chi connectivity index (χ3n) is 5.13. The van der Waals surface area contributed by atoms with Gasteiger partial charge < -0.3 is 25.2 Å². The normalized spacial score (nSPS) is 26.6. The van der Waals surface area contributed by atoms with E-state index in [9.17, 15) is 20.4 Å². The van der Waals surface area contributed by atoms with E-state index in [0.29, 0.717) is 17.0 Å². The van der Waals surface area contributed by atoms with Crippen molar-refractivity contribution in [3.63, 3.8) is 0 Å². The van der Waals surface area contributed by atoms with E-state index in [1.165, 1.54) is 0 Å². The molecule has 1 fully saturated rings. The predicted molar refractivity (Wildman–Crippen MR) is 112 cm³/mol. The largest absolute Gasteiger partial charge is 0.394 e. The third-order valence-corrected chi connectivity index (χ3v) is 6.61. The first-order chi connectivity index (χ1) is 14.5. The van der Waals surface area contributed by atoms with Crippen molar-refractivity contribution in [3.8, 4) is 10.6 Å². The summed E-state index contributed by atoms with van der Waals surface area (Å²) in [6.45, 7) is -0.470. The van der Waals surface area contributed by atoms with E-state index in [0.717, 1.165) is 21.0 Å². The lowest BCUT2D eigenvalue weighted by Gasteiger charge is -2.40. The Morgan fingerprint density at radius 3 is 2.60 bits per heavy atom. The van der Waals surface area contributed by atoms with Gasteiger partial charge in [-0.15, -0.1) is 11.3 Å². The first-order valence-electron chi connectivity index (χ1n) is 9.42. The number of thiophene rings is 1. The van der Waals surface area contributed by atoms with Crippen molar-refractivity contribution in [2.24, 2.45) is 0 Å². The van der Waals surface area contributed by atoms with Gasteiger partial charge in [-0.2, -0.15) is 0 Å². The quantitative estimate of drug-likeness (QED) is 0.471. The topological polar surface area (TPSA) is 116 Å². The van der Waals surface area contributed by atoms with Crippen LogP contribution >= 0.6 is 22.9 Å².